The Hall–Kier alpha value is -2.33. The Morgan fingerprint density at radius 3 is 2.65 bits per heavy atom. The Morgan fingerprint density at radius 2 is 2.00 bits per heavy atom. The number of carboxylic acids is 1. The van der Waals surface area contributed by atoms with Gasteiger partial charge in [0, 0.05) is 28.8 Å². The normalized spacial score (nSPS) is 11.3. The molecule has 0 aliphatic heterocycles. The summed E-state index contributed by atoms with van der Waals surface area (Å²) < 4.78 is 0. The first-order valence-corrected chi connectivity index (χ1v) is 6.27. The maximum Gasteiger partial charge on any atom is 0.331 e. The SMILES string of the molecule is O=C(O)/C(=C\c1ccccc1Cl)Cc1cccnc1O. The summed E-state index contributed by atoms with van der Waals surface area (Å²) in [6.45, 7) is 0. The predicted molar refractivity (Wildman–Crippen MR) is 76.7 cm³/mol. The van der Waals surface area contributed by atoms with E-state index < -0.39 is 5.97 Å². The van der Waals surface area contributed by atoms with E-state index in [-0.39, 0.29) is 17.9 Å². The number of aromatic hydroxyl groups is 1. The molecule has 1 aromatic carbocycles. The molecule has 0 atom stereocenters. The quantitative estimate of drug-likeness (QED) is 0.848. The molecule has 0 bridgehead atoms. The van der Waals surface area contributed by atoms with E-state index in [0.29, 0.717) is 16.1 Å². The van der Waals surface area contributed by atoms with Crippen LogP contribution in [0.5, 0.6) is 5.88 Å². The number of hydrogen-bond donors (Lipinski definition) is 2. The molecule has 0 spiro atoms. The first-order chi connectivity index (χ1) is 9.58. The van der Waals surface area contributed by atoms with Gasteiger partial charge >= 0.3 is 5.97 Å². The molecule has 4 nitrogen and oxygen atoms in total. The summed E-state index contributed by atoms with van der Waals surface area (Å²) in [7, 11) is 0. The number of carboxylic acid groups (broad SMARTS) is 1. The summed E-state index contributed by atoms with van der Waals surface area (Å²) in [5.74, 6) is -1.23. The summed E-state index contributed by atoms with van der Waals surface area (Å²) in [4.78, 5) is 15.0. The van der Waals surface area contributed by atoms with Crippen LogP contribution in [0.1, 0.15) is 11.1 Å². The zero-order valence-electron chi connectivity index (χ0n) is 10.5. The molecule has 1 heterocycles. The molecule has 0 aliphatic carbocycles. The van der Waals surface area contributed by atoms with Gasteiger partial charge in [-0.3, -0.25) is 0 Å². The van der Waals surface area contributed by atoms with Crippen molar-refractivity contribution in [1.29, 1.82) is 0 Å². The monoisotopic (exact) mass is 289 g/mol. The van der Waals surface area contributed by atoms with Gasteiger partial charge < -0.3 is 10.2 Å². The third kappa shape index (κ3) is 3.36. The van der Waals surface area contributed by atoms with Crippen LogP contribution < -0.4 is 0 Å². The van der Waals surface area contributed by atoms with E-state index in [4.69, 9.17) is 11.6 Å². The van der Waals surface area contributed by atoms with Crippen LogP contribution in [-0.2, 0) is 11.2 Å². The van der Waals surface area contributed by atoms with E-state index in [1.807, 2.05) is 0 Å². The molecule has 0 radical (unpaired) electrons. The molecule has 0 saturated heterocycles. The van der Waals surface area contributed by atoms with Crippen LogP contribution in [-0.4, -0.2) is 21.2 Å². The average molecular weight is 290 g/mol. The molecule has 0 amide bonds. The van der Waals surface area contributed by atoms with Gasteiger partial charge in [0.25, 0.3) is 0 Å². The molecule has 0 fully saturated rings. The van der Waals surface area contributed by atoms with Crippen molar-refractivity contribution < 1.29 is 15.0 Å². The molecular weight excluding hydrogens is 278 g/mol. The molecule has 0 aliphatic rings. The van der Waals surface area contributed by atoms with Gasteiger partial charge in [-0.15, -0.1) is 0 Å². The lowest BCUT2D eigenvalue weighted by Crippen LogP contribution is -2.04. The molecule has 20 heavy (non-hydrogen) atoms. The summed E-state index contributed by atoms with van der Waals surface area (Å²) in [5.41, 5.74) is 1.20. The molecule has 2 N–H and O–H groups in total. The Balaban J connectivity index is 2.36. The number of rotatable bonds is 4. The highest BCUT2D eigenvalue weighted by Crippen LogP contribution is 2.22. The number of nitrogens with zero attached hydrogens (tertiary/aromatic N) is 1. The van der Waals surface area contributed by atoms with Crippen molar-refractivity contribution in [2.45, 2.75) is 6.42 Å². The van der Waals surface area contributed by atoms with E-state index in [2.05, 4.69) is 4.98 Å². The summed E-state index contributed by atoms with van der Waals surface area (Å²) in [5, 5.41) is 19.3. The largest absolute Gasteiger partial charge is 0.493 e. The van der Waals surface area contributed by atoms with Gasteiger partial charge in [-0.05, 0) is 23.8 Å². The van der Waals surface area contributed by atoms with Gasteiger partial charge in [-0.1, -0.05) is 35.9 Å². The third-order valence-electron chi connectivity index (χ3n) is 2.76. The van der Waals surface area contributed by atoms with Gasteiger partial charge in [0.1, 0.15) is 0 Å². The molecule has 0 saturated carbocycles. The molecule has 5 heteroatoms. The predicted octanol–water partition coefficient (Wildman–Crippen LogP) is 3.15. The summed E-state index contributed by atoms with van der Waals surface area (Å²) >= 11 is 6.01. The van der Waals surface area contributed by atoms with Gasteiger partial charge in [0.15, 0.2) is 0 Å². The minimum Gasteiger partial charge on any atom is -0.493 e. The first kappa shape index (κ1) is 14.1. The van der Waals surface area contributed by atoms with E-state index >= 15 is 0 Å². The fraction of sp³-hybridized carbons (Fsp3) is 0.0667. The first-order valence-electron chi connectivity index (χ1n) is 5.89. The second-order valence-electron chi connectivity index (χ2n) is 4.16. The van der Waals surface area contributed by atoms with Crippen LogP contribution in [0, 0.1) is 0 Å². The van der Waals surface area contributed by atoms with Crippen LogP contribution in [0.4, 0.5) is 0 Å². The number of halogens is 1. The number of carbonyl (C=O) groups is 1. The van der Waals surface area contributed by atoms with E-state index in [0.717, 1.165) is 0 Å². The Morgan fingerprint density at radius 1 is 1.25 bits per heavy atom. The fourth-order valence-corrected chi connectivity index (χ4v) is 1.93. The van der Waals surface area contributed by atoms with Crippen molar-refractivity contribution in [1.82, 2.24) is 4.98 Å². The number of hydrogen-bond acceptors (Lipinski definition) is 3. The van der Waals surface area contributed by atoms with Crippen molar-refractivity contribution in [3.05, 3.63) is 64.3 Å². The molecular formula is C15H12ClNO3. The fourth-order valence-electron chi connectivity index (χ4n) is 1.74. The highest BCUT2D eigenvalue weighted by Gasteiger charge is 2.12. The van der Waals surface area contributed by atoms with Crippen LogP contribution in [0.15, 0.2) is 48.2 Å². The van der Waals surface area contributed by atoms with Crippen LogP contribution in [0.2, 0.25) is 5.02 Å². The maximum atomic E-state index is 11.3. The molecule has 1 aromatic heterocycles. The Bertz CT molecular complexity index is 668. The minimum atomic E-state index is -1.06. The van der Waals surface area contributed by atoms with Crippen molar-refractivity contribution in [3.63, 3.8) is 0 Å². The molecule has 0 unspecified atom stereocenters. The lowest BCUT2D eigenvalue weighted by Gasteiger charge is -2.05. The van der Waals surface area contributed by atoms with E-state index in [1.165, 1.54) is 12.3 Å². The van der Waals surface area contributed by atoms with Gasteiger partial charge in [-0.25, -0.2) is 9.78 Å². The highest BCUT2D eigenvalue weighted by molar-refractivity contribution is 6.32. The van der Waals surface area contributed by atoms with Crippen molar-refractivity contribution in [3.8, 4) is 5.88 Å². The zero-order valence-corrected chi connectivity index (χ0v) is 11.2. The Labute approximate surface area is 121 Å². The average Bonchev–Trinajstić information content (AvgIpc) is 2.42. The lowest BCUT2D eigenvalue weighted by molar-refractivity contribution is -0.132. The van der Waals surface area contributed by atoms with Crippen LogP contribution >= 0.6 is 11.6 Å². The number of aromatic nitrogens is 1. The van der Waals surface area contributed by atoms with Crippen molar-refractivity contribution in [2.75, 3.05) is 0 Å². The number of aliphatic carboxylic acids is 1. The molecule has 2 rings (SSSR count). The van der Waals surface area contributed by atoms with Crippen LogP contribution in [0.3, 0.4) is 0 Å². The zero-order chi connectivity index (χ0) is 14.5. The summed E-state index contributed by atoms with van der Waals surface area (Å²) in [6, 6.07) is 10.2. The van der Waals surface area contributed by atoms with E-state index in [1.54, 1.807) is 36.4 Å². The molecule has 2 aromatic rings. The standard InChI is InChI=1S/C15H12ClNO3/c16-13-6-2-1-4-10(13)8-12(15(19)20)9-11-5-3-7-17-14(11)18/h1-8H,9H2,(H,17,18)(H,19,20)/b12-8-. The van der Waals surface area contributed by atoms with Gasteiger partial charge in [0.2, 0.25) is 5.88 Å². The number of pyridine rings is 1. The second-order valence-corrected chi connectivity index (χ2v) is 4.57. The van der Waals surface area contributed by atoms with Crippen molar-refractivity contribution in [2.24, 2.45) is 0 Å². The Kier molecular flexibility index (Phi) is 4.38. The smallest absolute Gasteiger partial charge is 0.331 e. The summed E-state index contributed by atoms with van der Waals surface area (Å²) in [6.07, 6.45) is 3.01. The maximum absolute atomic E-state index is 11.3. The van der Waals surface area contributed by atoms with Gasteiger partial charge in [0.05, 0.1) is 0 Å². The van der Waals surface area contributed by atoms with Crippen molar-refractivity contribution >= 4 is 23.6 Å². The number of benzene rings is 1. The third-order valence-corrected chi connectivity index (χ3v) is 3.10. The van der Waals surface area contributed by atoms with Crippen LogP contribution in [0.25, 0.3) is 6.08 Å². The van der Waals surface area contributed by atoms with E-state index in [9.17, 15) is 15.0 Å². The lowest BCUT2D eigenvalue weighted by atomic mass is 10.0. The highest BCUT2D eigenvalue weighted by atomic mass is 35.5. The van der Waals surface area contributed by atoms with Gasteiger partial charge in [-0.2, -0.15) is 0 Å². The second kappa shape index (κ2) is 6.21. The topological polar surface area (TPSA) is 70.4 Å². The molecule has 102 valence electrons. The minimum absolute atomic E-state index is 0.0697.